The minimum atomic E-state index is -0.688. The van der Waals surface area contributed by atoms with Gasteiger partial charge in [0, 0.05) is 25.0 Å². The Hall–Kier alpha value is -0.330. The van der Waals surface area contributed by atoms with Crippen LogP contribution >= 0.6 is 24.0 Å². The van der Waals surface area contributed by atoms with Crippen LogP contribution in [0.2, 0.25) is 0 Å². The second kappa shape index (κ2) is 6.90. The summed E-state index contributed by atoms with van der Waals surface area (Å²) < 4.78 is 5.32. The summed E-state index contributed by atoms with van der Waals surface area (Å²) in [7, 11) is 0. The number of nitrogens with two attached hydrogens (primary N) is 1. The second-order valence-corrected chi connectivity index (χ2v) is 7.11. The Kier molecular flexibility index (Phi) is 5.47. The summed E-state index contributed by atoms with van der Waals surface area (Å²) in [4.78, 5) is 12.8. The molecule has 6 heteroatoms. The molecule has 2 fully saturated rings. The summed E-state index contributed by atoms with van der Waals surface area (Å²) >= 11 is 7.09. The highest BCUT2D eigenvalue weighted by Crippen LogP contribution is 2.32. The summed E-state index contributed by atoms with van der Waals surface area (Å²) in [6.07, 6.45) is 4.96. The van der Waals surface area contributed by atoms with Crippen LogP contribution in [0.15, 0.2) is 0 Å². The molecular formula is C13H22N2O2S2. The number of nitrogens with one attached hydrogen (secondary N) is 1. The fourth-order valence-electron chi connectivity index (χ4n) is 2.65. The van der Waals surface area contributed by atoms with Crippen LogP contribution in [-0.4, -0.2) is 41.7 Å². The van der Waals surface area contributed by atoms with Crippen LogP contribution < -0.4 is 11.1 Å². The monoisotopic (exact) mass is 302 g/mol. The fraction of sp³-hybridized carbons (Fsp3) is 0.846. The van der Waals surface area contributed by atoms with Crippen LogP contribution in [-0.2, 0) is 9.53 Å². The van der Waals surface area contributed by atoms with E-state index >= 15 is 0 Å². The van der Waals surface area contributed by atoms with Gasteiger partial charge in [-0.1, -0.05) is 18.6 Å². The van der Waals surface area contributed by atoms with Crippen molar-refractivity contribution in [2.45, 2.75) is 37.4 Å². The summed E-state index contributed by atoms with van der Waals surface area (Å²) in [6.45, 7) is 1.85. The molecule has 1 unspecified atom stereocenters. The van der Waals surface area contributed by atoms with Gasteiger partial charge in [0.1, 0.15) is 5.41 Å². The van der Waals surface area contributed by atoms with Gasteiger partial charge in [-0.05, 0) is 31.4 Å². The molecule has 0 bridgehead atoms. The number of amides is 1. The minimum Gasteiger partial charge on any atom is -0.392 e. The van der Waals surface area contributed by atoms with E-state index in [9.17, 15) is 4.79 Å². The Morgan fingerprint density at radius 3 is 2.74 bits per heavy atom. The van der Waals surface area contributed by atoms with E-state index < -0.39 is 5.41 Å². The molecule has 0 aromatic rings. The smallest absolute Gasteiger partial charge is 0.233 e. The van der Waals surface area contributed by atoms with Gasteiger partial charge in [-0.3, -0.25) is 4.79 Å². The van der Waals surface area contributed by atoms with E-state index in [2.05, 4.69) is 5.32 Å². The van der Waals surface area contributed by atoms with Gasteiger partial charge in [0.05, 0.1) is 4.99 Å². The number of ether oxygens (including phenoxy) is 1. The van der Waals surface area contributed by atoms with Gasteiger partial charge in [-0.2, -0.15) is 11.8 Å². The maximum Gasteiger partial charge on any atom is 0.233 e. The maximum atomic E-state index is 12.5. The first-order valence-corrected chi connectivity index (χ1v) is 8.38. The third kappa shape index (κ3) is 3.61. The van der Waals surface area contributed by atoms with Crippen LogP contribution in [0.5, 0.6) is 0 Å². The first-order valence-electron chi connectivity index (χ1n) is 6.93. The van der Waals surface area contributed by atoms with E-state index in [0.29, 0.717) is 36.3 Å². The third-order valence-corrected chi connectivity index (χ3v) is 5.81. The van der Waals surface area contributed by atoms with Gasteiger partial charge in [-0.25, -0.2) is 0 Å². The van der Waals surface area contributed by atoms with Crippen LogP contribution in [0.3, 0.4) is 0 Å². The van der Waals surface area contributed by atoms with Crippen molar-refractivity contribution in [2.75, 3.05) is 25.5 Å². The molecule has 2 rings (SSSR count). The van der Waals surface area contributed by atoms with Crippen molar-refractivity contribution < 1.29 is 9.53 Å². The summed E-state index contributed by atoms with van der Waals surface area (Å²) in [5.74, 6) is 1.20. The molecule has 0 aromatic heterocycles. The Balaban J connectivity index is 1.90. The molecular weight excluding hydrogens is 280 g/mol. The molecule has 108 valence electrons. The number of hydrogen-bond acceptors (Lipinski definition) is 4. The van der Waals surface area contributed by atoms with Crippen molar-refractivity contribution in [3.63, 3.8) is 0 Å². The van der Waals surface area contributed by atoms with E-state index in [1.54, 1.807) is 0 Å². The molecule has 0 radical (unpaired) electrons. The molecule has 0 spiro atoms. The average molecular weight is 302 g/mol. The SMILES string of the molecule is NC(=S)C1(C(=O)NCC2CCCCS2)CCOCC1. The molecule has 4 nitrogen and oxygen atoms in total. The van der Waals surface area contributed by atoms with Crippen molar-refractivity contribution in [3.05, 3.63) is 0 Å². The standard InChI is InChI=1S/C13H22N2O2S2/c14-11(18)13(4-6-17-7-5-13)12(16)15-9-10-3-1-2-8-19-10/h10H,1-9H2,(H2,14,18)(H,15,16). The van der Waals surface area contributed by atoms with Gasteiger partial charge in [0.2, 0.25) is 5.91 Å². The van der Waals surface area contributed by atoms with Crippen LogP contribution in [0.25, 0.3) is 0 Å². The largest absolute Gasteiger partial charge is 0.392 e. The second-order valence-electron chi connectivity index (χ2n) is 5.26. The lowest BCUT2D eigenvalue weighted by atomic mass is 9.79. The third-order valence-electron chi connectivity index (χ3n) is 4.02. The average Bonchev–Trinajstić information content (AvgIpc) is 2.46. The van der Waals surface area contributed by atoms with Gasteiger partial charge in [-0.15, -0.1) is 0 Å². The molecule has 2 aliphatic heterocycles. The quantitative estimate of drug-likeness (QED) is 0.770. The molecule has 0 aromatic carbocycles. The molecule has 1 atom stereocenters. The molecule has 2 heterocycles. The van der Waals surface area contributed by atoms with Gasteiger partial charge in [0.25, 0.3) is 0 Å². The number of rotatable bonds is 4. The zero-order chi connectivity index (χ0) is 13.7. The van der Waals surface area contributed by atoms with Crippen molar-refractivity contribution in [1.29, 1.82) is 0 Å². The number of hydrogen-bond donors (Lipinski definition) is 2. The first kappa shape index (κ1) is 15.1. The molecule has 0 aliphatic carbocycles. The minimum absolute atomic E-state index is 0.00512. The summed E-state index contributed by atoms with van der Waals surface area (Å²) in [6, 6.07) is 0. The topological polar surface area (TPSA) is 64.4 Å². The van der Waals surface area contributed by atoms with Crippen molar-refractivity contribution in [1.82, 2.24) is 5.32 Å². The number of carbonyl (C=O) groups is 1. The van der Waals surface area contributed by atoms with Gasteiger partial charge >= 0.3 is 0 Å². The zero-order valence-corrected chi connectivity index (χ0v) is 12.8. The predicted molar refractivity (Wildman–Crippen MR) is 82.4 cm³/mol. The van der Waals surface area contributed by atoms with E-state index in [4.69, 9.17) is 22.7 Å². The van der Waals surface area contributed by atoms with Crippen molar-refractivity contribution >= 4 is 34.9 Å². The summed E-state index contributed by atoms with van der Waals surface area (Å²) in [5, 5.41) is 3.60. The highest BCUT2D eigenvalue weighted by molar-refractivity contribution is 7.99. The lowest BCUT2D eigenvalue weighted by Gasteiger charge is -2.35. The lowest BCUT2D eigenvalue weighted by molar-refractivity contribution is -0.131. The van der Waals surface area contributed by atoms with Crippen LogP contribution in [0.4, 0.5) is 0 Å². The normalized spacial score (nSPS) is 26.6. The molecule has 0 saturated carbocycles. The fourth-order valence-corrected chi connectivity index (χ4v) is 4.18. The zero-order valence-electron chi connectivity index (χ0n) is 11.2. The Labute approximate surface area is 124 Å². The Morgan fingerprint density at radius 2 is 2.16 bits per heavy atom. The summed E-state index contributed by atoms with van der Waals surface area (Å²) in [5.41, 5.74) is 5.13. The predicted octanol–water partition coefficient (Wildman–Crippen LogP) is 1.47. The van der Waals surface area contributed by atoms with E-state index in [-0.39, 0.29) is 5.91 Å². The first-order chi connectivity index (χ1) is 9.15. The van der Waals surface area contributed by atoms with Gasteiger partial charge in [0.15, 0.2) is 0 Å². The van der Waals surface area contributed by atoms with E-state index in [0.717, 1.165) is 6.54 Å². The lowest BCUT2D eigenvalue weighted by Crippen LogP contribution is -2.52. The van der Waals surface area contributed by atoms with E-state index in [1.165, 1.54) is 25.0 Å². The molecule has 2 aliphatic rings. The Bertz CT molecular complexity index is 338. The van der Waals surface area contributed by atoms with Crippen LogP contribution in [0.1, 0.15) is 32.1 Å². The molecule has 3 N–H and O–H groups in total. The number of thiocarbonyl (C=S) groups is 1. The highest BCUT2D eigenvalue weighted by atomic mass is 32.2. The Morgan fingerprint density at radius 1 is 1.42 bits per heavy atom. The molecule has 19 heavy (non-hydrogen) atoms. The number of carbonyl (C=O) groups excluding carboxylic acids is 1. The molecule has 1 amide bonds. The molecule has 2 saturated heterocycles. The van der Waals surface area contributed by atoms with Crippen LogP contribution in [0, 0.1) is 5.41 Å². The van der Waals surface area contributed by atoms with Crippen molar-refractivity contribution in [2.24, 2.45) is 11.1 Å². The van der Waals surface area contributed by atoms with Gasteiger partial charge < -0.3 is 15.8 Å². The number of thioether (sulfide) groups is 1. The highest BCUT2D eigenvalue weighted by Gasteiger charge is 2.42. The maximum absolute atomic E-state index is 12.5. The van der Waals surface area contributed by atoms with E-state index in [1.807, 2.05) is 11.8 Å². The van der Waals surface area contributed by atoms with Crippen molar-refractivity contribution in [3.8, 4) is 0 Å².